The summed E-state index contributed by atoms with van der Waals surface area (Å²) in [6, 6.07) is 18.2. The Hall–Kier alpha value is -3.88. The summed E-state index contributed by atoms with van der Waals surface area (Å²) in [6.07, 6.45) is 3.89. The lowest BCUT2D eigenvalue weighted by atomic mass is 9.95. The van der Waals surface area contributed by atoms with Crippen molar-refractivity contribution in [2.24, 2.45) is 0 Å². The van der Waals surface area contributed by atoms with Gasteiger partial charge in [-0.1, -0.05) is 53.3 Å². The van der Waals surface area contributed by atoms with E-state index >= 15 is 0 Å². The monoisotopic (exact) mass is 495 g/mol. The van der Waals surface area contributed by atoms with Gasteiger partial charge in [-0.2, -0.15) is 14.6 Å². The second-order valence-electron chi connectivity index (χ2n) is 8.51. The zero-order chi connectivity index (χ0) is 24.1. The van der Waals surface area contributed by atoms with Gasteiger partial charge in [0.1, 0.15) is 5.69 Å². The number of hydrogen-bond acceptors (Lipinski definition) is 6. The molecule has 2 aromatic carbocycles. The molecule has 0 unspecified atom stereocenters. The van der Waals surface area contributed by atoms with Gasteiger partial charge in [-0.15, -0.1) is 16.4 Å². The molecule has 0 amide bonds. The minimum absolute atomic E-state index is 0.170. The normalized spacial score (nSPS) is 12.1. The van der Waals surface area contributed by atoms with Crippen LogP contribution in [0.3, 0.4) is 0 Å². The van der Waals surface area contributed by atoms with Gasteiger partial charge in [-0.05, 0) is 61.6 Å². The molecule has 0 aliphatic carbocycles. The molecule has 0 aliphatic heterocycles. The maximum atomic E-state index is 13.2. The van der Waals surface area contributed by atoms with Crippen LogP contribution in [-0.4, -0.2) is 24.4 Å². The fourth-order valence-electron chi connectivity index (χ4n) is 4.44. The first-order valence-corrected chi connectivity index (χ1v) is 12.9. The predicted molar refractivity (Wildman–Crippen MR) is 142 cm³/mol. The first-order chi connectivity index (χ1) is 17.0. The fourth-order valence-corrected chi connectivity index (χ4v) is 5.99. The van der Waals surface area contributed by atoms with Crippen LogP contribution in [0.4, 0.5) is 0 Å². The molecule has 0 N–H and O–H groups in total. The average Bonchev–Trinajstić information content (AvgIpc) is 3.61. The van der Waals surface area contributed by atoms with Gasteiger partial charge in [0.05, 0.1) is 15.1 Å². The van der Waals surface area contributed by atoms with E-state index in [9.17, 15) is 4.79 Å². The molecule has 6 aromatic rings. The Kier molecular flexibility index (Phi) is 5.20. The van der Waals surface area contributed by atoms with Gasteiger partial charge >= 0.3 is 0 Å². The second kappa shape index (κ2) is 8.41. The third kappa shape index (κ3) is 3.80. The number of aromatic nitrogens is 5. The van der Waals surface area contributed by atoms with E-state index in [0.717, 1.165) is 38.5 Å². The van der Waals surface area contributed by atoms with Crippen molar-refractivity contribution in [1.82, 2.24) is 24.4 Å². The molecule has 0 saturated carbocycles. The molecule has 0 atom stereocenters. The Morgan fingerprint density at radius 1 is 0.943 bits per heavy atom. The number of aryl methyl sites for hydroxylation is 3. The summed E-state index contributed by atoms with van der Waals surface area (Å²) in [5, 5.41) is 11.4. The van der Waals surface area contributed by atoms with Gasteiger partial charge in [0.25, 0.3) is 5.56 Å². The van der Waals surface area contributed by atoms with Crippen molar-refractivity contribution in [3.05, 3.63) is 103 Å². The minimum Gasteiger partial charge on any atom is -0.266 e. The molecule has 6 nitrogen and oxygen atoms in total. The van der Waals surface area contributed by atoms with Crippen LogP contribution in [0.15, 0.2) is 71.0 Å². The lowest BCUT2D eigenvalue weighted by Gasteiger charge is -2.10. The second-order valence-corrected chi connectivity index (χ2v) is 10.5. The van der Waals surface area contributed by atoms with E-state index in [-0.39, 0.29) is 5.56 Å². The van der Waals surface area contributed by atoms with Crippen molar-refractivity contribution in [1.29, 1.82) is 0 Å². The molecule has 0 spiro atoms. The molecular formula is C27H21N5OS2. The summed E-state index contributed by atoms with van der Waals surface area (Å²) in [6.45, 7) is 6.31. The first-order valence-electron chi connectivity index (χ1n) is 11.2. The Bertz CT molecular complexity index is 1770. The van der Waals surface area contributed by atoms with Crippen molar-refractivity contribution >= 4 is 33.7 Å². The Balaban J connectivity index is 1.55. The summed E-state index contributed by atoms with van der Waals surface area (Å²) in [7, 11) is 0. The summed E-state index contributed by atoms with van der Waals surface area (Å²) in [4.78, 5) is 19.4. The van der Waals surface area contributed by atoms with Gasteiger partial charge < -0.3 is 0 Å². The number of rotatable bonds is 4. The van der Waals surface area contributed by atoms with Crippen LogP contribution in [0, 0.1) is 20.8 Å². The first kappa shape index (κ1) is 21.6. The molecular weight excluding hydrogens is 474 g/mol. The molecule has 0 bridgehead atoms. The number of benzene rings is 2. The Morgan fingerprint density at radius 3 is 2.40 bits per heavy atom. The van der Waals surface area contributed by atoms with Crippen LogP contribution < -0.4 is 10.1 Å². The van der Waals surface area contributed by atoms with Crippen LogP contribution in [0.25, 0.3) is 38.7 Å². The molecule has 4 aromatic heterocycles. The largest absolute Gasteiger partial charge is 0.291 e. The maximum Gasteiger partial charge on any atom is 0.291 e. The molecule has 0 radical (unpaired) electrons. The summed E-state index contributed by atoms with van der Waals surface area (Å²) >= 11 is 2.90. The summed E-state index contributed by atoms with van der Waals surface area (Å²) in [5.41, 5.74) is 7.12. The quantitative estimate of drug-likeness (QED) is 0.337. The van der Waals surface area contributed by atoms with E-state index in [0.29, 0.717) is 15.3 Å². The molecule has 8 heteroatoms. The van der Waals surface area contributed by atoms with Crippen molar-refractivity contribution in [2.75, 3.05) is 0 Å². The van der Waals surface area contributed by atoms with E-state index in [1.54, 1.807) is 11.3 Å². The molecule has 35 heavy (non-hydrogen) atoms. The van der Waals surface area contributed by atoms with Crippen LogP contribution in [-0.2, 0) is 0 Å². The standard InChI is InChI=1S/C27H21N5OS2/c1-16-12-17(2)23(18(3)13-16)24-19(15-31(29-24)20-8-5-4-6-9-20)14-22-26(33)32-27(35-22)28-25(30-32)21-10-7-11-34-21/h4-15H,1-3H3/b22-14-. The van der Waals surface area contributed by atoms with E-state index in [1.807, 2.05) is 64.8 Å². The number of fused-ring (bicyclic) bond motifs is 1. The third-order valence-corrected chi connectivity index (χ3v) is 7.71. The molecule has 4 heterocycles. The van der Waals surface area contributed by atoms with Gasteiger partial charge in [0, 0.05) is 17.3 Å². The van der Waals surface area contributed by atoms with Crippen LogP contribution in [0.5, 0.6) is 0 Å². The van der Waals surface area contributed by atoms with E-state index < -0.39 is 0 Å². The Labute approximate surface area is 209 Å². The molecule has 0 fully saturated rings. The van der Waals surface area contributed by atoms with E-state index in [2.05, 4.69) is 43.0 Å². The fraction of sp³-hybridized carbons (Fsp3) is 0.111. The van der Waals surface area contributed by atoms with Crippen molar-refractivity contribution in [2.45, 2.75) is 20.8 Å². The van der Waals surface area contributed by atoms with Crippen LogP contribution in [0.1, 0.15) is 22.3 Å². The highest BCUT2D eigenvalue weighted by molar-refractivity contribution is 7.15. The van der Waals surface area contributed by atoms with Gasteiger partial charge in [-0.25, -0.2) is 4.68 Å². The SMILES string of the molecule is Cc1cc(C)c(-c2nn(-c3ccccc3)cc2/C=c2\sc3nc(-c4cccs4)nn3c2=O)c(C)c1. The van der Waals surface area contributed by atoms with Gasteiger partial charge in [0.15, 0.2) is 5.82 Å². The lowest BCUT2D eigenvalue weighted by molar-refractivity contribution is 0.883. The predicted octanol–water partition coefficient (Wildman–Crippen LogP) is 5.21. The van der Waals surface area contributed by atoms with Gasteiger partial charge in [-0.3, -0.25) is 4.79 Å². The highest BCUT2D eigenvalue weighted by Gasteiger charge is 2.17. The van der Waals surface area contributed by atoms with Crippen LogP contribution >= 0.6 is 22.7 Å². The number of nitrogens with zero attached hydrogens (tertiary/aromatic N) is 5. The zero-order valence-corrected chi connectivity index (χ0v) is 21.0. The van der Waals surface area contributed by atoms with Crippen LogP contribution in [0.2, 0.25) is 0 Å². The highest BCUT2D eigenvalue weighted by atomic mass is 32.1. The topological polar surface area (TPSA) is 65.1 Å². The highest BCUT2D eigenvalue weighted by Crippen LogP contribution is 2.31. The maximum absolute atomic E-state index is 13.2. The average molecular weight is 496 g/mol. The number of thiophene rings is 1. The number of thiazole rings is 1. The van der Waals surface area contributed by atoms with E-state index in [1.165, 1.54) is 21.4 Å². The van der Waals surface area contributed by atoms with Gasteiger partial charge in [0.2, 0.25) is 4.96 Å². The lowest BCUT2D eigenvalue weighted by Crippen LogP contribution is -2.23. The summed E-state index contributed by atoms with van der Waals surface area (Å²) in [5.74, 6) is 0.582. The van der Waals surface area contributed by atoms with Crippen molar-refractivity contribution in [3.63, 3.8) is 0 Å². The molecule has 0 aliphatic rings. The zero-order valence-electron chi connectivity index (χ0n) is 19.4. The van der Waals surface area contributed by atoms with E-state index in [4.69, 9.17) is 5.10 Å². The molecule has 0 saturated heterocycles. The smallest absolute Gasteiger partial charge is 0.266 e. The van der Waals surface area contributed by atoms with Crippen molar-refractivity contribution < 1.29 is 0 Å². The molecule has 172 valence electrons. The number of para-hydroxylation sites is 1. The summed E-state index contributed by atoms with van der Waals surface area (Å²) < 4.78 is 3.85. The van der Waals surface area contributed by atoms with Crippen molar-refractivity contribution in [3.8, 4) is 27.6 Å². The Morgan fingerprint density at radius 2 is 1.71 bits per heavy atom. The minimum atomic E-state index is -0.170. The third-order valence-electron chi connectivity index (χ3n) is 5.89. The molecule has 6 rings (SSSR count). The number of hydrogen-bond donors (Lipinski definition) is 0.